The number of allylic oxidation sites excluding steroid dienone is 1. The van der Waals surface area contributed by atoms with Crippen molar-refractivity contribution >= 4 is 12.1 Å². The van der Waals surface area contributed by atoms with Gasteiger partial charge in [-0.25, -0.2) is 4.99 Å². The number of aryl methyl sites for hydroxylation is 1. The molecule has 0 spiro atoms. The molecule has 0 radical (unpaired) electrons. The summed E-state index contributed by atoms with van der Waals surface area (Å²) in [5.41, 5.74) is 1.73. The summed E-state index contributed by atoms with van der Waals surface area (Å²) in [5, 5.41) is 0. The Morgan fingerprint density at radius 3 is 2.54 bits per heavy atom. The first-order chi connectivity index (χ1) is 6.24. The molecule has 0 atom stereocenters. The van der Waals surface area contributed by atoms with Gasteiger partial charge in [0.05, 0.1) is 0 Å². The number of nitrogens with zero attached hydrogens (tertiary/aromatic N) is 1. The highest BCUT2D eigenvalue weighted by Crippen LogP contribution is 2.04. The first-order valence-corrected chi connectivity index (χ1v) is 4.00. The summed E-state index contributed by atoms with van der Waals surface area (Å²) in [7, 11) is 0. The lowest BCUT2D eigenvalue weighted by Gasteiger charge is -1.94. The van der Waals surface area contributed by atoms with Crippen LogP contribution in [-0.2, 0) is 0 Å². The molecule has 0 fully saturated rings. The fourth-order valence-corrected chi connectivity index (χ4v) is 0.891. The lowest BCUT2D eigenvalue weighted by molar-refractivity contribution is 0.100. The smallest absolute Gasteiger partial charge is 0.267 e. The maximum Gasteiger partial charge on any atom is 0.276 e. The zero-order valence-electron chi connectivity index (χ0n) is 7.53. The lowest BCUT2D eigenvalue weighted by atomic mass is 10.1. The van der Waals surface area contributed by atoms with E-state index in [2.05, 4.69) is 11.6 Å². The van der Waals surface area contributed by atoms with Crippen LogP contribution in [0.5, 0.6) is 0 Å². The second-order valence-electron chi connectivity index (χ2n) is 2.69. The van der Waals surface area contributed by atoms with Gasteiger partial charge in [0.15, 0.2) is 0 Å². The summed E-state index contributed by atoms with van der Waals surface area (Å²) in [6.07, 6.45) is 2.87. The van der Waals surface area contributed by atoms with Gasteiger partial charge in [-0.3, -0.25) is 4.79 Å². The van der Waals surface area contributed by atoms with E-state index in [1.54, 1.807) is 12.1 Å². The van der Waals surface area contributed by atoms with Gasteiger partial charge in [-0.15, -0.1) is 0 Å². The summed E-state index contributed by atoms with van der Waals surface area (Å²) in [6.45, 7) is 5.41. The normalized spacial score (nSPS) is 10.2. The van der Waals surface area contributed by atoms with Gasteiger partial charge in [0.1, 0.15) is 0 Å². The molecule has 0 heterocycles. The van der Waals surface area contributed by atoms with E-state index in [9.17, 15) is 4.79 Å². The van der Waals surface area contributed by atoms with Crippen molar-refractivity contribution in [2.24, 2.45) is 4.99 Å². The second-order valence-corrected chi connectivity index (χ2v) is 2.69. The molecule has 1 aromatic carbocycles. The Labute approximate surface area is 77.6 Å². The molecule has 2 heteroatoms. The predicted molar refractivity (Wildman–Crippen MR) is 54.2 cm³/mol. The average molecular weight is 173 g/mol. The fourth-order valence-electron chi connectivity index (χ4n) is 0.891. The molecule has 0 bridgehead atoms. The maximum atomic E-state index is 11.3. The summed E-state index contributed by atoms with van der Waals surface area (Å²) < 4.78 is 0. The topological polar surface area (TPSA) is 29.4 Å². The Morgan fingerprint density at radius 1 is 1.38 bits per heavy atom. The van der Waals surface area contributed by atoms with Crippen molar-refractivity contribution < 1.29 is 4.79 Å². The third-order valence-corrected chi connectivity index (χ3v) is 1.60. The molecule has 1 aromatic rings. The molecule has 0 aromatic heterocycles. The number of amides is 1. The molecule has 2 nitrogen and oxygen atoms in total. The van der Waals surface area contributed by atoms with Crippen molar-refractivity contribution in [2.45, 2.75) is 6.92 Å². The Hall–Kier alpha value is -1.70. The van der Waals surface area contributed by atoms with Crippen LogP contribution >= 0.6 is 0 Å². The van der Waals surface area contributed by atoms with Crippen LogP contribution in [0.25, 0.3) is 0 Å². The van der Waals surface area contributed by atoms with Crippen LogP contribution in [0.2, 0.25) is 0 Å². The maximum absolute atomic E-state index is 11.3. The van der Waals surface area contributed by atoms with Crippen molar-refractivity contribution in [3.05, 3.63) is 48.0 Å². The number of hydrogen-bond donors (Lipinski definition) is 0. The van der Waals surface area contributed by atoms with Gasteiger partial charge in [-0.1, -0.05) is 30.4 Å². The summed E-state index contributed by atoms with van der Waals surface area (Å²) >= 11 is 0. The highest BCUT2D eigenvalue weighted by atomic mass is 16.1. The van der Waals surface area contributed by atoms with E-state index in [0.717, 1.165) is 5.56 Å². The van der Waals surface area contributed by atoms with Crippen LogP contribution in [-0.4, -0.2) is 12.1 Å². The monoisotopic (exact) mass is 173 g/mol. The largest absolute Gasteiger partial charge is 0.276 e. The number of benzene rings is 1. The van der Waals surface area contributed by atoms with Crippen LogP contribution in [0.3, 0.4) is 0 Å². The van der Waals surface area contributed by atoms with Gasteiger partial charge in [0, 0.05) is 11.8 Å². The van der Waals surface area contributed by atoms with Crippen molar-refractivity contribution in [3.63, 3.8) is 0 Å². The fraction of sp³-hybridized carbons (Fsp3) is 0.0909. The third-order valence-electron chi connectivity index (χ3n) is 1.60. The van der Waals surface area contributed by atoms with E-state index in [1.807, 2.05) is 19.1 Å². The molecule has 0 aliphatic carbocycles. The van der Waals surface area contributed by atoms with Gasteiger partial charge in [-0.05, 0) is 19.1 Å². The molecule has 13 heavy (non-hydrogen) atoms. The summed E-state index contributed by atoms with van der Waals surface area (Å²) in [4.78, 5) is 14.9. The van der Waals surface area contributed by atoms with Crippen LogP contribution in [0.1, 0.15) is 15.9 Å². The minimum Gasteiger partial charge on any atom is -0.267 e. The molecule has 66 valence electrons. The number of carbonyl (C=O) groups is 1. The first kappa shape index (κ1) is 9.39. The van der Waals surface area contributed by atoms with Crippen molar-refractivity contribution in [1.29, 1.82) is 0 Å². The highest BCUT2D eigenvalue weighted by Gasteiger charge is 2.00. The first-order valence-electron chi connectivity index (χ1n) is 4.00. The van der Waals surface area contributed by atoms with Gasteiger partial charge in [0.2, 0.25) is 0 Å². The predicted octanol–water partition coefficient (Wildman–Crippen LogP) is 2.39. The van der Waals surface area contributed by atoms with E-state index in [-0.39, 0.29) is 5.91 Å². The second kappa shape index (κ2) is 4.36. The lowest BCUT2D eigenvalue weighted by Crippen LogP contribution is -1.94. The Morgan fingerprint density at radius 2 is 2.00 bits per heavy atom. The molecule has 0 unspecified atom stereocenters. The summed E-state index contributed by atoms with van der Waals surface area (Å²) in [5.74, 6) is -0.236. The minimum atomic E-state index is -0.236. The van der Waals surface area contributed by atoms with Gasteiger partial charge < -0.3 is 0 Å². The van der Waals surface area contributed by atoms with Gasteiger partial charge in [0.25, 0.3) is 5.91 Å². The number of rotatable bonds is 2. The molecule has 0 aliphatic rings. The SMILES string of the molecule is C=CC=NC(=O)c1ccc(C)cc1. The van der Waals surface area contributed by atoms with E-state index < -0.39 is 0 Å². The standard InChI is InChI=1S/C11H11NO/c1-3-8-12-11(13)10-6-4-9(2)5-7-10/h3-8H,1H2,2H3. The van der Waals surface area contributed by atoms with Gasteiger partial charge >= 0.3 is 0 Å². The van der Waals surface area contributed by atoms with Crippen LogP contribution < -0.4 is 0 Å². The number of carbonyl (C=O) groups excluding carboxylic acids is 1. The van der Waals surface area contributed by atoms with E-state index in [1.165, 1.54) is 12.3 Å². The summed E-state index contributed by atoms with van der Waals surface area (Å²) in [6, 6.07) is 7.30. The van der Waals surface area contributed by atoms with Crippen LogP contribution in [0.4, 0.5) is 0 Å². The van der Waals surface area contributed by atoms with Crippen LogP contribution in [0.15, 0.2) is 41.9 Å². The minimum absolute atomic E-state index is 0.236. The molecule has 1 amide bonds. The van der Waals surface area contributed by atoms with Crippen molar-refractivity contribution in [3.8, 4) is 0 Å². The Balaban J connectivity index is 2.83. The number of aliphatic imine (C=N–C) groups is 1. The molecular weight excluding hydrogens is 162 g/mol. The molecule has 1 rings (SSSR count). The quantitative estimate of drug-likeness (QED) is 0.631. The zero-order valence-corrected chi connectivity index (χ0v) is 7.53. The van der Waals surface area contributed by atoms with E-state index in [4.69, 9.17) is 0 Å². The molecule has 0 aliphatic heterocycles. The Kier molecular flexibility index (Phi) is 3.15. The zero-order chi connectivity index (χ0) is 9.68. The van der Waals surface area contributed by atoms with E-state index >= 15 is 0 Å². The molecule has 0 saturated heterocycles. The highest BCUT2D eigenvalue weighted by molar-refractivity contribution is 6.00. The van der Waals surface area contributed by atoms with E-state index in [0.29, 0.717) is 5.56 Å². The van der Waals surface area contributed by atoms with Gasteiger partial charge in [-0.2, -0.15) is 0 Å². The average Bonchev–Trinajstić information content (AvgIpc) is 2.15. The molecule has 0 saturated carbocycles. The van der Waals surface area contributed by atoms with Crippen molar-refractivity contribution in [1.82, 2.24) is 0 Å². The van der Waals surface area contributed by atoms with Crippen molar-refractivity contribution in [2.75, 3.05) is 0 Å². The Bertz CT molecular complexity index is 336. The molecule has 0 N–H and O–H groups in total. The number of hydrogen-bond acceptors (Lipinski definition) is 1. The third kappa shape index (κ3) is 2.67. The van der Waals surface area contributed by atoms with Crippen LogP contribution in [0, 0.1) is 6.92 Å². The molecular formula is C11H11NO.